The van der Waals surface area contributed by atoms with Crippen molar-refractivity contribution >= 4 is 11.9 Å². The van der Waals surface area contributed by atoms with Gasteiger partial charge in [0, 0.05) is 11.6 Å². The van der Waals surface area contributed by atoms with E-state index in [1.165, 1.54) is 13.2 Å². The molecule has 0 aliphatic heterocycles. The summed E-state index contributed by atoms with van der Waals surface area (Å²) in [5.74, 6) is -0.231. The molecule has 3 rings (SSSR count). The van der Waals surface area contributed by atoms with Crippen LogP contribution < -0.4 is 5.32 Å². The molecule has 0 unspecified atom stereocenters. The second-order valence-electron chi connectivity index (χ2n) is 5.39. The van der Waals surface area contributed by atoms with Gasteiger partial charge in [0.1, 0.15) is 0 Å². The summed E-state index contributed by atoms with van der Waals surface area (Å²) in [7, 11) is 1.45. The minimum absolute atomic E-state index is 0.0897. The Morgan fingerprint density at radius 3 is 2.22 bits per heavy atom. The van der Waals surface area contributed by atoms with Gasteiger partial charge >= 0.3 is 5.97 Å². The molecule has 3 fully saturated rings. The van der Waals surface area contributed by atoms with Gasteiger partial charge in [0.2, 0.25) is 0 Å². The van der Waals surface area contributed by atoms with Gasteiger partial charge in [0.15, 0.2) is 0 Å². The SMILES string of the molecule is C=C=CC(=O)NC12CCC(C(=O)OC)(CC1)CC2. The zero-order chi connectivity index (χ0) is 13.2. The first-order valence-electron chi connectivity index (χ1n) is 6.32. The van der Waals surface area contributed by atoms with Crippen LogP contribution in [-0.4, -0.2) is 24.5 Å². The highest BCUT2D eigenvalue weighted by atomic mass is 16.5. The largest absolute Gasteiger partial charge is 0.469 e. The zero-order valence-electron chi connectivity index (χ0n) is 10.8. The molecular formula is C14H19NO3. The third-order valence-corrected chi connectivity index (χ3v) is 4.49. The van der Waals surface area contributed by atoms with E-state index < -0.39 is 0 Å². The van der Waals surface area contributed by atoms with Crippen molar-refractivity contribution in [2.24, 2.45) is 5.41 Å². The van der Waals surface area contributed by atoms with Gasteiger partial charge in [-0.15, -0.1) is 5.73 Å². The number of rotatable bonds is 3. The Morgan fingerprint density at radius 1 is 1.22 bits per heavy atom. The second kappa shape index (κ2) is 4.62. The Bertz CT molecular complexity index is 396. The van der Waals surface area contributed by atoms with Gasteiger partial charge in [-0.25, -0.2) is 0 Å². The number of methoxy groups -OCH3 is 1. The molecule has 0 aromatic carbocycles. The number of carbonyl (C=O) groups excluding carboxylic acids is 2. The van der Waals surface area contributed by atoms with Gasteiger partial charge in [0.25, 0.3) is 5.91 Å². The van der Waals surface area contributed by atoms with E-state index in [1.807, 2.05) is 0 Å². The molecule has 0 aromatic rings. The van der Waals surface area contributed by atoms with Crippen LogP contribution in [0.15, 0.2) is 18.4 Å². The average Bonchev–Trinajstić information content (AvgIpc) is 2.39. The number of fused-ring (bicyclic) bond motifs is 3. The summed E-state index contributed by atoms with van der Waals surface area (Å²) in [6.45, 7) is 3.39. The molecule has 4 nitrogen and oxygen atoms in total. The lowest BCUT2D eigenvalue weighted by molar-refractivity contribution is -0.160. The van der Waals surface area contributed by atoms with Crippen LogP contribution in [0.1, 0.15) is 38.5 Å². The summed E-state index contributed by atoms with van der Waals surface area (Å²) in [4.78, 5) is 23.4. The number of amides is 1. The Labute approximate surface area is 107 Å². The average molecular weight is 249 g/mol. The third-order valence-electron chi connectivity index (χ3n) is 4.49. The molecule has 2 bridgehead atoms. The maximum absolute atomic E-state index is 11.8. The highest BCUT2D eigenvalue weighted by Crippen LogP contribution is 2.52. The van der Waals surface area contributed by atoms with Crippen molar-refractivity contribution in [1.82, 2.24) is 5.32 Å². The highest BCUT2D eigenvalue weighted by molar-refractivity contribution is 5.88. The lowest BCUT2D eigenvalue weighted by Gasteiger charge is -2.51. The van der Waals surface area contributed by atoms with E-state index in [-0.39, 0.29) is 22.8 Å². The van der Waals surface area contributed by atoms with Crippen LogP contribution in [0.5, 0.6) is 0 Å². The Hall–Kier alpha value is -1.54. The first kappa shape index (κ1) is 12.9. The normalized spacial score (nSPS) is 33.4. The Kier molecular flexibility index (Phi) is 3.31. The predicted octanol–water partition coefficient (Wildman–Crippen LogP) is 1.71. The lowest BCUT2D eigenvalue weighted by Crippen LogP contribution is -2.58. The summed E-state index contributed by atoms with van der Waals surface area (Å²) < 4.78 is 4.91. The molecule has 3 saturated carbocycles. The van der Waals surface area contributed by atoms with Gasteiger partial charge in [-0.3, -0.25) is 9.59 Å². The highest BCUT2D eigenvalue weighted by Gasteiger charge is 2.53. The zero-order valence-corrected chi connectivity index (χ0v) is 10.8. The second-order valence-corrected chi connectivity index (χ2v) is 5.39. The van der Waals surface area contributed by atoms with E-state index in [2.05, 4.69) is 17.6 Å². The summed E-state index contributed by atoms with van der Waals surface area (Å²) in [6, 6.07) is 0. The van der Waals surface area contributed by atoms with Crippen molar-refractivity contribution in [2.75, 3.05) is 7.11 Å². The van der Waals surface area contributed by atoms with Crippen molar-refractivity contribution in [3.8, 4) is 0 Å². The van der Waals surface area contributed by atoms with E-state index in [1.54, 1.807) is 0 Å². The van der Waals surface area contributed by atoms with E-state index >= 15 is 0 Å². The monoisotopic (exact) mass is 249 g/mol. The smallest absolute Gasteiger partial charge is 0.311 e. The number of hydrogen-bond acceptors (Lipinski definition) is 3. The molecule has 0 spiro atoms. The van der Waals surface area contributed by atoms with Crippen molar-refractivity contribution in [3.05, 3.63) is 18.4 Å². The molecule has 1 N–H and O–H groups in total. The fraction of sp³-hybridized carbons (Fsp3) is 0.643. The van der Waals surface area contributed by atoms with E-state index in [0.29, 0.717) is 0 Å². The molecule has 98 valence electrons. The molecule has 18 heavy (non-hydrogen) atoms. The minimum atomic E-state index is -0.296. The summed E-state index contributed by atoms with van der Waals surface area (Å²) in [6.07, 6.45) is 6.27. The van der Waals surface area contributed by atoms with Crippen molar-refractivity contribution in [1.29, 1.82) is 0 Å². The van der Waals surface area contributed by atoms with E-state index in [4.69, 9.17) is 4.74 Å². The van der Waals surface area contributed by atoms with Crippen LogP contribution in [0.25, 0.3) is 0 Å². The standard InChI is InChI=1S/C14H19NO3/c1-3-4-11(16)15-14-8-5-13(6-9-14,7-10-14)12(17)18-2/h4H,1,5-10H2,2H3,(H,15,16). The molecule has 0 heterocycles. The minimum Gasteiger partial charge on any atom is -0.469 e. The molecule has 1 amide bonds. The van der Waals surface area contributed by atoms with Crippen LogP contribution in [0, 0.1) is 5.41 Å². The fourth-order valence-corrected chi connectivity index (χ4v) is 3.29. The lowest BCUT2D eigenvalue weighted by atomic mass is 9.57. The van der Waals surface area contributed by atoms with Gasteiger partial charge in [-0.05, 0) is 38.5 Å². The van der Waals surface area contributed by atoms with Gasteiger partial charge in [0.05, 0.1) is 12.5 Å². The number of esters is 1. The van der Waals surface area contributed by atoms with Gasteiger partial charge < -0.3 is 10.1 Å². The number of nitrogens with one attached hydrogen (secondary N) is 1. The van der Waals surface area contributed by atoms with Crippen molar-refractivity contribution in [3.63, 3.8) is 0 Å². The third kappa shape index (κ3) is 2.08. The molecular weight excluding hydrogens is 230 g/mol. The number of carbonyl (C=O) groups is 2. The van der Waals surface area contributed by atoms with Crippen LogP contribution in [0.2, 0.25) is 0 Å². The Morgan fingerprint density at radius 2 is 1.78 bits per heavy atom. The van der Waals surface area contributed by atoms with Gasteiger partial charge in [-0.2, -0.15) is 0 Å². The van der Waals surface area contributed by atoms with Gasteiger partial charge in [-0.1, -0.05) is 6.58 Å². The van der Waals surface area contributed by atoms with Crippen molar-refractivity contribution < 1.29 is 14.3 Å². The van der Waals surface area contributed by atoms with Crippen LogP contribution in [-0.2, 0) is 14.3 Å². The molecule has 0 aromatic heterocycles. The molecule has 0 radical (unpaired) electrons. The quantitative estimate of drug-likeness (QED) is 0.470. The van der Waals surface area contributed by atoms with E-state index in [9.17, 15) is 9.59 Å². The predicted molar refractivity (Wildman–Crippen MR) is 66.7 cm³/mol. The first-order chi connectivity index (χ1) is 8.56. The Balaban J connectivity index is 2.05. The molecule has 3 aliphatic rings. The topological polar surface area (TPSA) is 55.4 Å². The van der Waals surface area contributed by atoms with Crippen LogP contribution in [0.4, 0.5) is 0 Å². The molecule has 0 atom stereocenters. The van der Waals surface area contributed by atoms with E-state index in [0.717, 1.165) is 38.5 Å². The number of hydrogen-bond donors (Lipinski definition) is 1. The number of ether oxygens (including phenoxy) is 1. The summed E-state index contributed by atoms with van der Waals surface area (Å²) in [5.41, 5.74) is 2.05. The molecule has 0 saturated heterocycles. The molecule has 4 heteroatoms. The first-order valence-corrected chi connectivity index (χ1v) is 6.32. The summed E-state index contributed by atoms with van der Waals surface area (Å²) >= 11 is 0. The van der Waals surface area contributed by atoms with Crippen LogP contribution >= 0.6 is 0 Å². The summed E-state index contributed by atoms with van der Waals surface area (Å²) in [5, 5.41) is 3.05. The van der Waals surface area contributed by atoms with Crippen molar-refractivity contribution in [2.45, 2.75) is 44.1 Å². The maximum Gasteiger partial charge on any atom is 0.311 e. The maximum atomic E-state index is 11.8. The molecule has 3 aliphatic carbocycles. The fourth-order valence-electron chi connectivity index (χ4n) is 3.29. The van der Waals surface area contributed by atoms with Crippen LogP contribution in [0.3, 0.4) is 0 Å².